The van der Waals surface area contributed by atoms with Crippen LogP contribution >= 0.6 is 23.2 Å². The summed E-state index contributed by atoms with van der Waals surface area (Å²) in [5.41, 5.74) is 7.90. The van der Waals surface area contributed by atoms with Crippen molar-refractivity contribution in [1.29, 1.82) is 5.26 Å². The summed E-state index contributed by atoms with van der Waals surface area (Å²) >= 11 is 12.4. The largest absolute Gasteiger partial charge is 0.478 e. The predicted octanol–water partition coefficient (Wildman–Crippen LogP) is 5.66. The first kappa shape index (κ1) is 23.4. The number of nitrogens with zero attached hydrogens (tertiary/aromatic N) is 4. The molecule has 4 heterocycles. The Morgan fingerprint density at radius 1 is 1.31 bits per heavy atom. The van der Waals surface area contributed by atoms with Crippen LogP contribution < -0.4 is 15.8 Å². The number of fused-ring (bicyclic) bond motifs is 1. The maximum Gasteiger partial charge on any atom is 0.212 e. The fourth-order valence-corrected chi connectivity index (χ4v) is 5.09. The third kappa shape index (κ3) is 4.18. The molecule has 11 heteroatoms. The molecular formula is C24H21Cl2FN6O2. The molecule has 35 heavy (non-hydrogen) atoms. The van der Waals surface area contributed by atoms with E-state index in [9.17, 15) is 9.65 Å². The summed E-state index contributed by atoms with van der Waals surface area (Å²) in [5.74, 6) is -0.386. The summed E-state index contributed by atoms with van der Waals surface area (Å²) in [4.78, 5) is 4.25. The molecule has 3 aromatic heterocycles. The van der Waals surface area contributed by atoms with Gasteiger partial charge in [0.1, 0.15) is 18.0 Å². The number of nitrogen functional groups attached to an aromatic ring is 1. The van der Waals surface area contributed by atoms with E-state index in [1.807, 2.05) is 10.9 Å². The average molecular weight is 515 g/mol. The Morgan fingerprint density at radius 2 is 2.09 bits per heavy atom. The van der Waals surface area contributed by atoms with Gasteiger partial charge in [-0.25, -0.2) is 9.37 Å². The van der Waals surface area contributed by atoms with E-state index < -0.39 is 11.9 Å². The van der Waals surface area contributed by atoms with E-state index in [0.29, 0.717) is 10.9 Å². The van der Waals surface area contributed by atoms with Crippen molar-refractivity contribution >= 4 is 40.0 Å². The van der Waals surface area contributed by atoms with Crippen LogP contribution in [0.2, 0.25) is 10.0 Å². The van der Waals surface area contributed by atoms with Crippen LogP contribution in [0.15, 0.2) is 35.1 Å². The van der Waals surface area contributed by atoms with Gasteiger partial charge in [0.15, 0.2) is 11.4 Å². The van der Waals surface area contributed by atoms with Gasteiger partial charge in [-0.1, -0.05) is 23.2 Å². The maximum absolute atomic E-state index is 14.1. The van der Waals surface area contributed by atoms with Crippen LogP contribution in [-0.4, -0.2) is 27.9 Å². The predicted molar refractivity (Wildman–Crippen MR) is 131 cm³/mol. The lowest BCUT2D eigenvalue weighted by molar-refractivity contribution is 0.227. The van der Waals surface area contributed by atoms with E-state index >= 15 is 0 Å². The van der Waals surface area contributed by atoms with Crippen LogP contribution in [0, 0.1) is 17.1 Å². The van der Waals surface area contributed by atoms with Crippen LogP contribution in [0.25, 0.3) is 22.1 Å². The van der Waals surface area contributed by atoms with Crippen molar-refractivity contribution < 1.29 is 13.5 Å². The number of nitrogens with one attached hydrogen (secondary N) is 1. The summed E-state index contributed by atoms with van der Waals surface area (Å²) in [6.07, 6.45) is 6.30. The normalized spacial score (nSPS) is 15.3. The molecule has 0 aliphatic carbocycles. The molecule has 1 aliphatic heterocycles. The van der Waals surface area contributed by atoms with E-state index in [0.717, 1.165) is 31.5 Å². The van der Waals surface area contributed by atoms with E-state index in [2.05, 4.69) is 21.5 Å². The molecule has 3 N–H and O–H groups in total. The Hall–Kier alpha value is -3.32. The first-order valence-electron chi connectivity index (χ1n) is 11.1. The molecule has 0 bridgehead atoms. The molecule has 1 saturated heterocycles. The van der Waals surface area contributed by atoms with Gasteiger partial charge in [-0.2, -0.15) is 10.4 Å². The minimum Gasteiger partial charge on any atom is -0.478 e. The maximum atomic E-state index is 14.1. The van der Waals surface area contributed by atoms with E-state index in [-0.39, 0.29) is 44.6 Å². The highest BCUT2D eigenvalue weighted by atomic mass is 35.5. The molecule has 8 nitrogen and oxygen atoms in total. The van der Waals surface area contributed by atoms with E-state index in [1.54, 1.807) is 13.1 Å². The highest BCUT2D eigenvalue weighted by molar-refractivity contribution is 6.36. The molecule has 0 spiro atoms. The van der Waals surface area contributed by atoms with Crippen LogP contribution in [0.3, 0.4) is 0 Å². The minimum absolute atomic E-state index is 0.0446. The third-order valence-corrected chi connectivity index (χ3v) is 6.89. The lowest BCUT2D eigenvalue weighted by Gasteiger charge is -2.22. The van der Waals surface area contributed by atoms with E-state index in [4.69, 9.17) is 38.1 Å². The van der Waals surface area contributed by atoms with Crippen LogP contribution in [0.4, 0.5) is 10.2 Å². The smallest absolute Gasteiger partial charge is 0.212 e. The Labute approximate surface area is 210 Å². The highest BCUT2D eigenvalue weighted by Gasteiger charge is 2.26. The number of furan rings is 1. The second-order valence-corrected chi connectivity index (χ2v) is 9.13. The van der Waals surface area contributed by atoms with Gasteiger partial charge >= 0.3 is 0 Å². The SMILES string of the molecule is CC(Oc1c(N)ncc2c(-c3cnn(C4CCNCC4)c3)c(C#N)oc12)c1c(Cl)ccc(F)c1Cl. The zero-order valence-electron chi connectivity index (χ0n) is 18.7. The van der Waals surface area contributed by atoms with Crippen molar-refractivity contribution in [3.8, 4) is 22.9 Å². The van der Waals surface area contributed by atoms with Crippen molar-refractivity contribution in [3.63, 3.8) is 0 Å². The number of aromatic nitrogens is 3. The van der Waals surface area contributed by atoms with Gasteiger partial charge in [-0.15, -0.1) is 0 Å². The third-order valence-electron chi connectivity index (χ3n) is 6.17. The van der Waals surface area contributed by atoms with Crippen LogP contribution in [0.5, 0.6) is 5.75 Å². The van der Waals surface area contributed by atoms with Crippen molar-refractivity contribution in [2.75, 3.05) is 18.8 Å². The number of ether oxygens (including phenoxy) is 1. The Morgan fingerprint density at radius 3 is 2.83 bits per heavy atom. The van der Waals surface area contributed by atoms with Crippen molar-refractivity contribution in [2.45, 2.75) is 31.9 Å². The van der Waals surface area contributed by atoms with Gasteiger partial charge in [-0.05, 0) is 45.0 Å². The van der Waals surface area contributed by atoms with Crippen molar-refractivity contribution in [1.82, 2.24) is 20.1 Å². The summed E-state index contributed by atoms with van der Waals surface area (Å²) < 4.78 is 27.9. The lowest BCUT2D eigenvalue weighted by Crippen LogP contribution is -2.29. The molecule has 1 aromatic carbocycles. The Kier molecular flexibility index (Phi) is 6.28. The molecule has 1 atom stereocenters. The first-order valence-corrected chi connectivity index (χ1v) is 11.8. The summed E-state index contributed by atoms with van der Waals surface area (Å²) in [7, 11) is 0. The highest BCUT2D eigenvalue weighted by Crippen LogP contribution is 2.43. The number of hydrogen-bond acceptors (Lipinski definition) is 7. The van der Waals surface area contributed by atoms with Gasteiger partial charge < -0.3 is 20.2 Å². The summed E-state index contributed by atoms with van der Waals surface area (Å²) in [5, 5.41) is 18.3. The van der Waals surface area contributed by atoms with Crippen molar-refractivity contribution in [3.05, 3.63) is 57.9 Å². The van der Waals surface area contributed by atoms with Crippen molar-refractivity contribution in [2.24, 2.45) is 0 Å². The lowest BCUT2D eigenvalue weighted by atomic mass is 10.1. The number of pyridine rings is 1. The number of benzene rings is 1. The minimum atomic E-state index is -0.790. The molecule has 0 radical (unpaired) electrons. The van der Waals surface area contributed by atoms with E-state index in [1.165, 1.54) is 18.3 Å². The first-order chi connectivity index (χ1) is 16.9. The van der Waals surface area contributed by atoms with Gasteiger partial charge in [-0.3, -0.25) is 4.68 Å². The molecular weight excluding hydrogens is 494 g/mol. The Bertz CT molecular complexity index is 1450. The molecule has 0 amide bonds. The second-order valence-electron chi connectivity index (χ2n) is 8.34. The molecule has 1 fully saturated rings. The topological polar surface area (TPSA) is 115 Å². The van der Waals surface area contributed by atoms with Gasteiger partial charge in [0.05, 0.1) is 28.2 Å². The quantitative estimate of drug-likeness (QED) is 0.330. The Balaban J connectivity index is 1.57. The number of nitriles is 1. The molecule has 4 aromatic rings. The van der Waals surface area contributed by atoms with Crippen LogP contribution in [0.1, 0.15) is 43.2 Å². The van der Waals surface area contributed by atoms with Gasteiger partial charge in [0.25, 0.3) is 0 Å². The average Bonchev–Trinajstić information content (AvgIpc) is 3.49. The standard InChI is InChI=1S/C24H21Cl2FN6O2/c1-12(19-16(25)2-3-17(27)21(19)26)34-23-22-15(10-31-24(23)29)20(18(8-28)35-22)13-9-32-33(11-13)14-4-6-30-7-5-14/h2-3,9-12,14,30H,4-7H2,1H3,(H2,29,31). The second kappa shape index (κ2) is 9.38. The molecule has 1 aliphatic rings. The number of piperidine rings is 1. The summed E-state index contributed by atoms with van der Waals surface area (Å²) in [6.45, 7) is 3.52. The molecule has 0 saturated carbocycles. The fourth-order valence-electron chi connectivity index (χ4n) is 4.41. The zero-order valence-corrected chi connectivity index (χ0v) is 20.2. The summed E-state index contributed by atoms with van der Waals surface area (Å²) in [6, 6.07) is 4.96. The zero-order chi connectivity index (χ0) is 24.7. The van der Waals surface area contributed by atoms with Gasteiger partial charge in [0.2, 0.25) is 11.5 Å². The number of hydrogen-bond donors (Lipinski definition) is 2. The van der Waals surface area contributed by atoms with Gasteiger partial charge in [0, 0.05) is 28.5 Å². The number of halogens is 3. The molecule has 180 valence electrons. The van der Waals surface area contributed by atoms with Crippen LogP contribution in [-0.2, 0) is 0 Å². The number of rotatable bonds is 5. The monoisotopic (exact) mass is 514 g/mol. The number of anilines is 1. The fraction of sp³-hybridized carbons (Fsp3) is 0.292. The molecule has 5 rings (SSSR count). The molecule has 1 unspecified atom stereocenters. The number of nitrogens with two attached hydrogens (primary N) is 1.